The number of aryl methyl sites for hydroxylation is 1. The zero-order valence-electron chi connectivity index (χ0n) is 10.9. The number of anilines is 1. The predicted octanol–water partition coefficient (Wildman–Crippen LogP) is 2.01. The Kier molecular flexibility index (Phi) is 3.75. The number of rotatable bonds is 3. The molecule has 5 nitrogen and oxygen atoms in total. The van der Waals surface area contributed by atoms with Crippen LogP contribution in [0.3, 0.4) is 0 Å². The third-order valence-corrected chi connectivity index (χ3v) is 3.87. The van der Waals surface area contributed by atoms with Crippen LogP contribution in [0.4, 0.5) is 10.2 Å². The summed E-state index contributed by atoms with van der Waals surface area (Å²) in [7, 11) is -1.68. The summed E-state index contributed by atoms with van der Waals surface area (Å²) < 4.78 is 37.4. The van der Waals surface area contributed by atoms with E-state index in [1.54, 1.807) is 7.05 Å². The molecule has 0 aliphatic heterocycles. The Bertz CT molecular complexity index is 771. The van der Waals surface area contributed by atoms with Crippen LogP contribution in [0.15, 0.2) is 18.2 Å². The highest BCUT2D eigenvalue weighted by atomic mass is 35.5. The molecule has 0 aliphatic carbocycles. The third-order valence-electron chi connectivity index (χ3n) is 2.76. The Morgan fingerprint density at radius 3 is 2.65 bits per heavy atom. The number of hydrogen-bond acceptors (Lipinski definition) is 4. The van der Waals surface area contributed by atoms with E-state index in [9.17, 15) is 12.8 Å². The van der Waals surface area contributed by atoms with Crippen molar-refractivity contribution in [2.24, 2.45) is 7.05 Å². The molecule has 2 N–H and O–H groups in total. The number of benzene rings is 1. The average molecular weight is 318 g/mol. The Morgan fingerprint density at radius 2 is 2.10 bits per heavy atom. The van der Waals surface area contributed by atoms with Crippen LogP contribution in [-0.2, 0) is 22.6 Å². The van der Waals surface area contributed by atoms with Crippen molar-refractivity contribution < 1.29 is 12.8 Å². The molecule has 20 heavy (non-hydrogen) atoms. The first-order chi connectivity index (χ1) is 9.19. The van der Waals surface area contributed by atoms with Gasteiger partial charge in [-0.05, 0) is 18.2 Å². The average Bonchev–Trinajstić information content (AvgIpc) is 2.53. The van der Waals surface area contributed by atoms with E-state index >= 15 is 0 Å². The number of hydrogen-bond donors (Lipinski definition) is 1. The Balaban J connectivity index is 2.66. The number of halogens is 2. The zero-order valence-corrected chi connectivity index (χ0v) is 12.5. The van der Waals surface area contributed by atoms with Gasteiger partial charge in [-0.15, -0.1) is 0 Å². The molecule has 0 spiro atoms. The molecule has 1 heterocycles. The lowest BCUT2D eigenvalue weighted by atomic mass is 10.1. The van der Waals surface area contributed by atoms with Crippen LogP contribution < -0.4 is 5.73 Å². The van der Waals surface area contributed by atoms with E-state index in [-0.39, 0.29) is 16.6 Å². The highest BCUT2D eigenvalue weighted by molar-refractivity contribution is 7.89. The topological polar surface area (TPSA) is 78.0 Å². The maximum Gasteiger partial charge on any atom is 0.153 e. The fraction of sp³-hybridized carbons (Fsp3) is 0.250. The van der Waals surface area contributed by atoms with E-state index in [2.05, 4.69) is 5.10 Å². The molecule has 0 aliphatic rings. The molecule has 0 amide bonds. The summed E-state index contributed by atoms with van der Waals surface area (Å²) in [5.41, 5.74) is 7.08. The van der Waals surface area contributed by atoms with Gasteiger partial charge in [0.15, 0.2) is 9.84 Å². The van der Waals surface area contributed by atoms with Crippen molar-refractivity contribution in [2.45, 2.75) is 5.75 Å². The van der Waals surface area contributed by atoms with E-state index in [0.717, 1.165) is 12.3 Å². The fourth-order valence-corrected chi connectivity index (χ4v) is 2.89. The second-order valence-electron chi connectivity index (χ2n) is 4.52. The molecular formula is C12H13ClFN3O2S. The lowest BCUT2D eigenvalue weighted by molar-refractivity contribution is 0.600. The minimum atomic E-state index is -3.28. The first-order valence-corrected chi connectivity index (χ1v) is 8.07. The molecule has 108 valence electrons. The van der Waals surface area contributed by atoms with Crippen LogP contribution in [0.1, 0.15) is 5.69 Å². The SMILES string of the molecule is Cn1nc(CS(C)(=O)=O)c(-c2ccc(F)cc2Cl)c1N. The van der Waals surface area contributed by atoms with Crippen LogP contribution >= 0.6 is 11.6 Å². The summed E-state index contributed by atoms with van der Waals surface area (Å²) in [4.78, 5) is 0. The number of aromatic nitrogens is 2. The zero-order chi connectivity index (χ0) is 15.1. The molecule has 2 rings (SSSR count). The molecular weight excluding hydrogens is 305 g/mol. The van der Waals surface area contributed by atoms with Crippen molar-refractivity contribution in [3.05, 3.63) is 34.7 Å². The largest absolute Gasteiger partial charge is 0.383 e. The summed E-state index contributed by atoms with van der Waals surface area (Å²) >= 11 is 6.01. The van der Waals surface area contributed by atoms with Crippen LogP contribution in [0.5, 0.6) is 0 Å². The highest BCUT2D eigenvalue weighted by Gasteiger charge is 2.21. The maximum absolute atomic E-state index is 13.1. The standard InChI is InChI=1S/C12H13ClFN3O2S/c1-17-12(15)11(10(16-17)6-20(2,18)19)8-4-3-7(14)5-9(8)13/h3-5H,6,15H2,1-2H3. The molecule has 0 saturated carbocycles. The molecule has 1 aromatic carbocycles. The number of nitrogen functional groups attached to an aromatic ring is 1. The fourth-order valence-electron chi connectivity index (χ4n) is 1.93. The first-order valence-electron chi connectivity index (χ1n) is 5.63. The minimum Gasteiger partial charge on any atom is -0.383 e. The van der Waals surface area contributed by atoms with Crippen LogP contribution in [0.2, 0.25) is 5.02 Å². The van der Waals surface area contributed by atoms with Crippen molar-refractivity contribution in [2.75, 3.05) is 12.0 Å². The normalized spacial score (nSPS) is 11.8. The van der Waals surface area contributed by atoms with Crippen molar-refractivity contribution in [1.82, 2.24) is 9.78 Å². The van der Waals surface area contributed by atoms with E-state index < -0.39 is 15.7 Å². The van der Waals surface area contributed by atoms with Gasteiger partial charge in [0.05, 0.1) is 16.5 Å². The third kappa shape index (κ3) is 2.94. The van der Waals surface area contributed by atoms with Crippen LogP contribution in [0.25, 0.3) is 11.1 Å². The van der Waals surface area contributed by atoms with Crippen molar-refractivity contribution in [1.29, 1.82) is 0 Å². The molecule has 0 fully saturated rings. The molecule has 8 heteroatoms. The molecule has 0 atom stereocenters. The first kappa shape index (κ1) is 14.8. The molecule has 0 saturated heterocycles. The maximum atomic E-state index is 13.1. The monoisotopic (exact) mass is 317 g/mol. The van der Waals surface area contributed by atoms with Gasteiger partial charge < -0.3 is 5.73 Å². The predicted molar refractivity (Wildman–Crippen MR) is 76.6 cm³/mol. The highest BCUT2D eigenvalue weighted by Crippen LogP contribution is 2.35. The summed E-state index contributed by atoms with van der Waals surface area (Å²) in [6.45, 7) is 0. The Hall–Kier alpha value is -1.60. The number of nitrogens with two attached hydrogens (primary N) is 1. The van der Waals surface area contributed by atoms with E-state index in [0.29, 0.717) is 16.8 Å². The van der Waals surface area contributed by atoms with Gasteiger partial charge in [0.2, 0.25) is 0 Å². The number of sulfone groups is 1. The number of nitrogens with zero attached hydrogens (tertiary/aromatic N) is 2. The molecule has 1 aromatic heterocycles. The quantitative estimate of drug-likeness (QED) is 0.939. The van der Waals surface area contributed by atoms with Gasteiger partial charge in [-0.1, -0.05) is 11.6 Å². The molecule has 2 aromatic rings. The van der Waals surface area contributed by atoms with E-state index in [4.69, 9.17) is 17.3 Å². The van der Waals surface area contributed by atoms with Gasteiger partial charge >= 0.3 is 0 Å². The summed E-state index contributed by atoms with van der Waals surface area (Å²) in [5, 5.41) is 4.25. The Morgan fingerprint density at radius 1 is 1.45 bits per heavy atom. The van der Waals surface area contributed by atoms with Gasteiger partial charge in [-0.2, -0.15) is 5.10 Å². The molecule has 0 unspecified atom stereocenters. The van der Waals surface area contributed by atoms with Crippen LogP contribution in [0, 0.1) is 5.82 Å². The Labute approximate surface area is 121 Å². The van der Waals surface area contributed by atoms with E-state index in [1.807, 2.05) is 0 Å². The van der Waals surface area contributed by atoms with Crippen molar-refractivity contribution in [3.8, 4) is 11.1 Å². The van der Waals surface area contributed by atoms with E-state index in [1.165, 1.54) is 16.8 Å². The summed E-state index contributed by atoms with van der Waals surface area (Å²) in [6.07, 6.45) is 1.11. The second kappa shape index (κ2) is 5.06. The smallest absolute Gasteiger partial charge is 0.153 e. The summed E-state index contributed by atoms with van der Waals surface area (Å²) in [6, 6.07) is 3.84. The van der Waals surface area contributed by atoms with Gasteiger partial charge in [-0.25, -0.2) is 12.8 Å². The van der Waals surface area contributed by atoms with Crippen LogP contribution in [-0.4, -0.2) is 24.5 Å². The lowest BCUT2D eigenvalue weighted by Crippen LogP contribution is -2.03. The van der Waals surface area contributed by atoms with Gasteiger partial charge in [-0.3, -0.25) is 4.68 Å². The lowest BCUT2D eigenvalue weighted by Gasteiger charge is -2.06. The van der Waals surface area contributed by atoms with Crippen molar-refractivity contribution in [3.63, 3.8) is 0 Å². The molecule has 0 bridgehead atoms. The van der Waals surface area contributed by atoms with Gasteiger partial charge in [0.25, 0.3) is 0 Å². The van der Waals surface area contributed by atoms with Gasteiger partial charge in [0, 0.05) is 24.4 Å². The van der Waals surface area contributed by atoms with Crippen molar-refractivity contribution >= 4 is 27.3 Å². The molecule has 0 radical (unpaired) electrons. The minimum absolute atomic E-state index is 0.152. The second-order valence-corrected chi connectivity index (χ2v) is 7.07. The van der Waals surface area contributed by atoms with Gasteiger partial charge in [0.1, 0.15) is 11.6 Å². The summed E-state index contributed by atoms with van der Waals surface area (Å²) in [5.74, 6) is -0.468.